The highest BCUT2D eigenvalue weighted by Gasteiger charge is 2.37. The van der Waals surface area contributed by atoms with Crippen molar-refractivity contribution in [3.05, 3.63) is 47.2 Å². The smallest absolute Gasteiger partial charge is 0.127 e. The van der Waals surface area contributed by atoms with Crippen molar-refractivity contribution in [1.29, 1.82) is 0 Å². The Bertz CT molecular complexity index is 436. The summed E-state index contributed by atoms with van der Waals surface area (Å²) in [4.78, 5) is 5.58. The first-order valence-corrected chi connectivity index (χ1v) is 7.19. The maximum Gasteiger partial charge on any atom is 0.127 e. The Hall–Kier alpha value is -0.990. The minimum Gasteiger partial charge on any atom is -0.412 e. The van der Waals surface area contributed by atoms with E-state index in [1.54, 1.807) is 6.26 Å². The zero-order chi connectivity index (χ0) is 13.9. The van der Waals surface area contributed by atoms with Crippen molar-refractivity contribution in [1.82, 2.24) is 5.06 Å². The summed E-state index contributed by atoms with van der Waals surface area (Å²) >= 11 is 6.25. The van der Waals surface area contributed by atoms with Crippen LogP contribution in [0.3, 0.4) is 0 Å². The van der Waals surface area contributed by atoms with E-state index < -0.39 is 0 Å². The second-order valence-corrected chi connectivity index (χ2v) is 6.54. The first-order valence-electron chi connectivity index (χ1n) is 6.81. The van der Waals surface area contributed by atoms with E-state index in [1.165, 1.54) is 5.56 Å². The molecular formula is C16H22ClNO. The molecule has 0 fully saturated rings. The second kappa shape index (κ2) is 5.98. The first kappa shape index (κ1) is 14.4. The number of benzene rings is 1. The van der Waals surface area contributed by atoms with Crippen molar-refractivity contribution in [3.8, 4) is 0 Å². The number of halogens is 1. The zero-order valence-corrected chi connectivity index (χ0v) is 12.7. The molecule has 1 unspecified atom stereocenters. The van der Waals surface area contributed by atoms with Crippen molar-refractivity contribution in [2.45, 2.75) is 39.7 Å². The number of hydrogen-bond acceptors (Lipinski definition) is 2. The Kier molecular flexibility index (Phi) is 4.54. The lowest BCUT2D eigenvalue weighted by molar-refractivity contribution is -0.126. The maximum absolute atomic E-state index is 6.25. The molecule has 3 heteroatoms. The molecule has 1 aliphatic heterocycles. The fraction of sp³-hybridized carbons (Fsp3) is 0.500. The maximum atomic E-state index is 6.25. The van der Waals surface area contributed by atoms with Crippen LogP contribution in [0.25, 0.3) is 0 Å². The molecule has 1 aromatic carbocycles. The van der Waals surface area contributed by atoms with Gasteiger partial charge in [-0.25, -0.2) is 0 Å². The minimum atomic E-state index is 0.0802. The van der Waals surface area contributed by atoms with Crippen LogP contribution in [0, 0.1) is 5.41 Å². The van der Waals surface area contributed by atoms with Gasteiger partial charge < -0.3 is 4.84 Å². The largest absolute Gasteiger partial charge is 0.412 e. The van der Waals surface area contributed by atoms with Gasteiger partial charge in [-0.3, -0.25) is 0 Å². The topological polar surface area (TPSA) is 12.5 Å². The molecular weight excluding hydrogens is 258 g/mol. The Morgan fingerprint density at radius 3 is 2.53 bits per heavy atom. The van der Waals surface area contributed by atoms with Crippen LogP contribution in [-0.2, 0) is 11.3 Å². The van der Waals surface area contributed by atoms with Crippen LogP contribution in [0.2, 0.25) is 0 Å². The lowest BCUT2D eigenvalue weighted by atomic mass is 9.86. The Morgan fingerprint density at radius 2 is 1.89 bits per heavy atom. The van der Waals surface area contributed by atoms with Crippen molar-refractivity contribution < 1.29 is 4.84 Å². The van der Waals surface area contributed by atoms with Gasteiger partial charge in [0.05, 0.1) is 11.1 Å². The van der Waals surface area contributed by atoms with Crippen LogP contribution in [0.4, 0.5) is 0 Å². The van der Waals surface area contributed by atoms with Crippen LogP contribution >= 0.6 is 11.6 Å². The summed E-state index contributed by atoms with van der Waals surface area (Å²) in [7, 11) is 0. The molecule has 0 saturated carbocycles. The molecule has 2 nitrogen and oxygen atoms in total. The van der Waals surface area contributed by atoms with Crippen LogP contribution in [0.5, 0.6) is 0 Å². The third-order valence-electron chi connectivity index (χ3n) is 3.36. The van der Waals surface area contributed by atoms with E-state index in [0.717, 1.165) is 24.4 Å². The lowest BCUT2D eigenvalue weighted by Crippen LogP contribution is -2.40. The predicted molar refractivity (Wildman–Crippen MR) is 79.7 cm³/mol. The Morgan fingerprint density at radius 1 is 1.21 bits per heavy atom. The van der Waals surface area contributed by atoms with Gasteiger partial charge in [0.2, 0.25) is 0 Å². The third-order valence-corrected chi connectivity index (χ3v) is 3.65. The highest BCUT2D eigenvalue weighted by atomic mass is 35.5. The third kappa shape index (κ3) is 3.74. The van der Waals surface area contributed by atoms with Gasteiger partial charge in [-0.05, 0) is 23.8 Å². The van der Waals surface area contributed by atoms with E-state index in [2.05, 4.69) is 45.0 Å². The first-order chi connectivity index (χ1) is 8.98. The molecule has 0 N–H and O–H groups in total. The molecule has 0 amide bonds. The van der Waals surface area contributed by atoms with Gasteiger partial charge in [0, 0.05) is 6.54 Å². The molecule has 0 bridgehead atoms. The van der Waals surface area contributed by atoms with Crippen LogP contribution in [0.1, 0.15) is 32.8 Å². The Labute approximate surface area is 121 Å². The minimum absolute atomic E-state index is 0.0802. The molecule has 1 aromatic rings. The van der Waals surface area contributed by atoms with Crippen molar-refractivity contribution in [2.24, 2.45) is 5.41 Å². The second-order valence-electron chi connectivity index (χ2n) is 6.11. The fourth-order valence-corrected chi connectivity index (χ4v) is 2.97. The normalized spacial score (nSPS) is 20.2. The number of nitrogens with zero attached hydrogens (tertiary/aromatic N) is 1. The quantitative estimate of drug-likeness (QED) is 0.812. The van der Waals surface area contributed by atoms with Gasteiger partial charge in [-0.2, -0.15) is 0 Å². The molecule has 1 atom stereocenters. The summed E-state index contributed by atoms with van der Waals surface area (Å²) in [5, 5.41) is 2.80. The molecule has 2 rings (SSSR count). The molecule has 1 aliphatic rings. The van der Waals surface area contributed by atoms with E-state index in [1.807, 2.05) is 11.1 Å². The molecule has 1 heterocycles. The fourth-order valence-electron chi connectivity index (χ4n) is 2.49. The number of hydrogen-bond donors (Lipinski definition) is 0. The summed E-state index contributed by atoms with van der Waals surface area (Å²) in [6.07, 6.45) is 3.80. The number of aryl methyl sites for hydroxylation is 1. The van der Waals surface area contributed by atoms with Gasteiger partial charge in [0.15, 0.2) is 0 Å². The van der Waals surface area contributed by atoms with E-state index >= 15 is 0 Å². The average molecular weight is 280 g/mol. The summed E-state index contributed by atoms with van der Waals surface area (Å²) in [6.45, 7) is 7.45. The summed E-state index contributed by atoms with van der Waals surface area (Å²) in [5.41, 5.74) is 1.45. The van der Waals surface area contributed by atoms with Gasteiger partial charge in [-0.1, -0.05) is 62.7 Å². The van der Waals surface area contributed by atoms with Crippen LogP contribution in [-0.4, -0.2) is 17.6 Å². The van der Waals surface area contributed by atoms with Crippen LogP contribution in [0.15, 0.2) is 41.6 Å². The summed E-state index contributed by atoms with van der Waals surface area (Å²) in [5.74, 6) is 0. The van der Waals surface area contributed by atoms with Gasteiger partial charge in [0.25, 0.3) is 0 Å². The van der Waals surface area contributed by atoms with Crippen LogP contribution < -0.4 is 0 Å². The van der Waals surface area contributed by atoms with E-state index in [0.29, 0.717) is 0 Å². The van der Waals surface area contributed by atoms with Gasteiger partial charge in [0.1, 0.15) is 6.26 Å². The zero-order valence-electron chi connectivity index (χ0n) is 11.9. The van der Waals surface area contributed by atoms with Crippen molar-refractivity contribution >= 4 is 11.6 Å². The molecule has 19 heavy (non-hydrogen) atoms. The summed E-state index contributed by atoms with van der Waals surface area (Å²) in [6, 6.07) is 10.7. The standard InChI is InChI=1S/C16H22ClNO/c1-16(2,3)15-14(17)12-19-18(15)11-7-10-13-8-5-4-6-9-13/h4-6,8-9,12,15H,7,10-11H2,1-3H3. The van der Waals surface area contributed by atoms with Crippen molar-refractivity contribution in [3.63, 3.8) is 0 Å². The molecule has 0 radical (unpaired) electrons. The van der Waals surface area contributed by atoms with Gasteiger partial charge >= 0.3 is 0 Å². The average Bonchev–Trinajstić information content (AvgIpc) is 2.72. The van der Waals surface area contributed by atoms with Crippen molar-refractivity contribution in [2.75, 3.05) is 6.54 Å². The Balaban J connectivity index is 1.87. The molecule has 0 aromatic heterocycles. The van der Waals surface area contributed by atoms with Gasteiger partial charge in [-0.15, -0.1) is 5.06 Å². The van der Waals surface area contributed by atoms with E-state index in [9.17, 15) is 0 Å². The molecule has 104 valence electrons. The predicted octanol–water partition coefficient (Wildman–Crippen LogP) is 4.36. The monoisotopic (exact) mass is 279 g/mol. The SMILES string of the molecule is CC(C)(C)C1C(Cl)=CON1CCCc1ccccc1. The molecule has 0 aliphatic carbocycles. The summed E-state index contributed by atoms with van der Waals surface area (Å²) < 4.78 is 0. The number of hydroxylamine groups is 2. The lowest BCUT2D eigenvalue weighted by Gasteiger charge is -2.33. The highest BCUT2D eigenvalue weighted by Crippen LogP contribution is 2.36. The highest BCUT2D eigenvalue weighted by molar-refractivity contribution is 6.30. The van der Waals surface area contributed by atoms with E-state index in [4.69, 9.17) is 16.4 Å². The van der Waals surface area contributed by atoms with E-state index in [-0.39, 0.29) is 11.5 Å². The number of rotatable bonds is 4. The molecule has 0 saturated heterocycles. The molecule has 0 spiro atoms.